The molecule has 0 unspecified atom stereocenters. The third-order valence-electron chi connectivity index (χ3n) is 2.96. The summed E-state index contributed by atoms with van der Waals surface area (Å²) in [5, 5.41) is 8.87. The molecule has 0 aliphatic heterocycles. The molecule has 0 amide bonds. The lowest BCUT2D eigenvalue weighted by molar-refractivity contribution is 0.592. The Hall–Kier alpha value is -2.03. The van der Waals surface area contributed by atoms with E-state index in [0.29, 0.717) is 11.3 Å². The Morgan fingerprint density at radius 1 is 1.19 bits per heavy atom. The van der Waals surface area contributed by atoms with Crippen LogP contribution in [0.5, 0.6) is 0 Å². The highest BCUT2D eigenvalue weighted by molar-refractivity contribution is 7.93. The van der Waals surface area contributed by atoms with Gasteiger partial charge in [0.25, 0.3) is 10.0 Å². The van der Waals surface area contributed by atoms with Crippen LogP contribution in [0.3, 0.4) is 0 Å². The molecule has 0 saturated carbocycles. The van der Waals surface area contributed by atoms with E-state index in [4.69, 9.17) is 16.9 Å². The molecule has 0 bridgehead atoms. The van der Waals surface area contributed by atoms with Crippen molar-refractivity contribution in [1.29, 1.82) is 5.26 Å². The molecular weight excluding hydrogens is 308 g/mol. The second-order valence-corrected chi connectivity index (χ2v) is 6.50. The minimum absolute atomic E-state index is 0.00568. The summed E-state index contributed by atoms with van der Waals surface area (Å²) >= 11 is 6.02. The number of rotatable bonds is 4. The Labute approximate surface area is 129 Å². The Morgan fingerprint density at radius 3 is 2.38 bits per heavy atom. The minimum Gasteiger partial charge on any atom is -0.267 e. The van der Waals surface area contributed by atoms with Crippen molar-refractivity contribution in [2.75, 3.05) is 10.8 Å². The van der Waals surface area contributed by atoms with Gasteiger partial charge in [-0.2, -0.15) is 5.26 Å². The number of halogens is 1. The van der Waals surface area contributed by atoms with Crippen LogP contribution in [0.25, 0.3) is 0 Å². The van der Waals surface area contributed by atoms with Crippen molar-refractivity contribution in [1.82, 2.24) is 0 Å². The highest BCUT2D eigenvalue weighted by Crippen LogP contribution is 2.28. The summed E-state index contributed by atoms with van der Waals surface area (Å²) in [7, 11) is -3.77. The number of anilines is 1. The monoisotopic (exact) mass is 320 g/mol. The predicted molar refractivity (Wildman–Crippen MR) is 82.8 cm³/mol. The van der Waals surface area contributed by atoms with Crippen molar-refractivity contribution >= 4 is 27.3 Å². The molecule has 0 aromatic heterocycles. The lowest BCUT2D eigenvalue weighted by atomic mass is 10.2. The van der Waals surface area contributed by atoms with Gasteiger partial charge in [-0.3, -0.25) is 4.31 Å². The molecule has 0 fully saturated rings. The van der Waals surface area contributed by atoms with Crippen LogP contribution >= 0.6 is 11.6 Å². The van der Waals surface area contributed by atoms with Crippen LogP contribution in [0.2, 0.25) is 5.02 Å². The molecule has 2 rings (SSSR count). The maximum Gasteiger partial charge on any atom is 0.265 e. The van der Waals surface area contributed by atoms with Crippen LogP contribution in [-0.2, 0) is 10.0 Å². The van der Waals surface area contributed by atoms with E-state index in [1.165, 1.54) is 22.5 Å². The molecule has 0 aliphatic rings. The SMILES string of the molecule is CCN(c1ccccc1)S(=O)(=O)c1ccc(C#N)cc1Cl. The fourth-order valence-corrected chi connectivity index (χ4v) is 3.98. The quantitative estimate of drug-likeness (QED) is 0.867. The first-order valence-electron chi connectivity index (χ1n) is 6.28. The molecule has 0 N–H and O–H groups in total. The highest BCUT2D eigenvalue weighted by atomic mass is 35.5. The van der Waals surface area contributed by atoms with Gasteiger partial charge in [-0.25, -0.2) is 8.42 Å². The molecule has 2 aromatic rings. The van der Waals surface area contributed by atoms with Crippen molar-refractivity contribution in [3.05, 3.63) is 59.1 Å². The number of hydrogen-bond donors (Lipinski definition) is 0. The average Bonchev–Trinajstić information content (AvgIpc) is 2.48. The van der Waals surface area contributed by atoms with Crippen molar-refractivity contribution in [2.24, 2.45) is 0 Å². The van der Waals surface area contributed by atoms with Crippen LogP contribution in [0.15, 0.2) is 53.4 Å². The van der Waals surface area contributed by atoms with Crippen molar-refractivity contribution in [3.8, 4) is 6.07 Å². The van der Waals surface area contributed by atoms with E-state index in [9.17, 15) is 8.42 Å². The topological polar surface area (TPSA) is 61.2 Å². The fourth-order valence-electron chi connectivity index (χ4n) is 1.98. The summed E-state index contributed by atoms with van der Waals surface area (Å²) in [5.74, 6) is 0. The minimum atomic E-state index is -3.77. The highest BCUT2D eigenvalue weighted by Gasteiger charge is 2.26. The summed E-state index contributed by atoms with van der Waals surface area (Å²) in [6.45, 7) is 2.03. The van der Waals surface area contributed by atoms with E-state index in [-0.39, 0.29) is 16.5 Å². The number of nitrogens with zero attached hydrogens (tertiary/aromatic N) is 2. The predicted octanol–water partition coefficient (Wildman–Crippen LogP) is 3.43. The molecule has 0 spiro atoms. The van der Waals surface area contributed by atoms with Gasteiger partial charge in [-0.1, -0.05) is 29.8 Å². The second-order valence-electron chi connectivity index (χ2n) is 4.26. The first kappa shape index (κ1) is 15.4. The Kier molecular flexibility index (Phi) is 4.51. The summed E-state index contributed by atoms with van der Waals surface area (Å²) in [6.07, 6.45) is 0. The molecule has 0 atom stereocenters. The van der Waals surface area contributed by atoms with Crippen LogP contribution in [0.1, 0.15) is 12.5 Å². The zero-order valence-electron chi connectivity index (χ0n) is 11.3. The summed E-state index contributed by atoms with van der Waals surface area (Å²) < 4.78 is 26.8. The lowest BCUT2D eigenvalue weighted by Gasteiger charge is -2.23. The Balaban J connectivity index is 2.53. The first-order chi connectivity index (χ1) is 10.0. The first-order valence-corrected chi connectivity index (χ1v) is 8.10. The molecular formula is C15H13ClN2O2S. The van der Waals surface area contributed by atoms with Gasteiger partial charge in [-0.15, -0.1) is 0 Å². The standard InChI is InChI=1S/C15H13ClN2O2S/c1-2-18(13-6-4-3-5-7-13)21(19,20)15-9-8-12(11-17)10-14(15)16/h3-10H,2H2,1H3. The molecule has 0 saturated heterocycles. The van der Waals surface area contributed by atoms with Crippen LogP contribution < -0.4 is 4.31 Å². The Morgan fingerprint density at radius 2 is 1.86 bits per heavy atom. The van der Waals surface area contributed by atoms with E-state index < -0.39 is 10.0 Å². The largest absolute Gasteiger partial charge is 0.267 e. The molecule has 0 radical (unpaired) electrons. The Bertz CT molecular complexity index is 783. The maximum absolute atomic E-state index is 12.7. The number of nitriles is 1. The van der Waals surface area contributed by atoms with Crippen LogP contribution in [0.4, 0.5) is 5.69 Å². The van der Waals surface area contributed by atoms with E-state index >= 15 is 0 Å². The van der Waals surface area contributed by atoms with Crippen LogP contribution in [-0.4, -0.2) is 15.0 Å². The number of benzene rings is 2. The lowest BCUT2D eigenvalue weighted by Crippen LogP contribution is -2.30. The summed E-state index contributed by atoms with van der Waals surface area (Å²) in [6, 6.07) is 14.9. The molecule has 108 valence electrons. The normalized spacial score (nSPS) is 10.9. The zero-order valence-corrected chi connectivity index (χ0v) is 12.9. The molecule has 0 heterocycles. The maximum atomic E-state index is 12.7. The third-order valence-corrected chi connectivity index (χ3v) is 5.35. The van der Waals surface area contributed by atoms with E-state index in [1.807, 2.05) is 12.1 Å². The van der Waals surface area contributed by atoms with Gasteiger partial charge in [0.2, 0.25) is 0 Å². The average molecular weight is 321 g/mol. The fraction of sp³-hybridized carbons (Fsp3) is 0.133. The summed E-state index contributed by atoms with van der Waals surface area (Å²) in [5.41, 5.74) is 0.891. The van der Waals surface area contributed by atoms with Crippen LogP contribution in [0, 0.1) is 11.3 Å². The summed E-state index contributed by atoms with van der Waals surface area (Å²) in [4.78, 5) is -0.00568. The van der Waals surface area contributed by atoms with Gasteiger partial charge >= 0.3 is 0 Å². The number of para-hydroxylation sites is 1. The van der Waals surface area contributed by atoms with Gasteiger partial charge in [0.05, 0.1) is 22.3 Å². The van der Waals surface area contributed by atoms with Gasteiger partial charge in [0, 0.05) is 6.54 Å². The number of sulfonamides is 1. The van der Waals surface area contributed by atoms with E-state index in [1.54, 1.807) is 31.2 Å². The van der Waals surface area contributed by atoms with Gasteiger partial charge in [0.15, 0.2) is 0 Å². The molecule has 6 heteroatoms. The molecule has 0 aliphatic carbocycles. The molecule has 2 aromatic carbocycles. The van der Waals surface area contributed by atoms with Crippen molar-refractivity contribution in [2.45, 2.75) is 11.8 Å². The second kappa shape index (κ2) is 6.17. The van der Waals surface area contributed by atoms with Crippen molar-refractivity contribution < 1.29 is 8.42 Å². The van der Waals surface area contributed by atoms with Gasteiger partial charge in [0.1, 0.15) is 4.90 Å². The van der Waals surface area contributed by atoms with E-state index in [2.05, 4.69) is 0 Å². The molecule has 4 nitrogen and oxygen atoms in total. The third kappa shape index (κ3) is 3.02. The smallest absolute Gasteiger partial charge is 0.265 e. The van der Waals surface area contributed by atoms with Crippen molar-refractivity contribution in [3.63, 3.8) is 0 Å². The van der Waals surface area contributed by atoms with Gasteiger partial charge in [-0.05, 0) is 37.3 Å². The molecule has 21 heavy (non-hydrogen) atoms. The van der Waals surface area contributed by atoms with Gasteiger partial charge < -0.3 is 0 Å². The number of hydrogen-bond acceptors (Lipinski definition) is 3. The van der Waals surface area contributed by atoms with E-state index in [0.717, 1.165) is 0 Å². The zero-order chi connectivity index (χ0) is 15.5.